The van der Waals surface area contributed by atoms with Crippen LogP contribution in [0.4, 0.5) is 0 Å². The quantitative estimate of drug-likeness (QED) is 0.639. The molecule has 0 aliphatic heterocycles. The molecule has 27 heavy (non-hydrogen) atoms. The Bertz CT molecular complexity index is 961. The van der Waals surface area contributed by atoms with Gasteiger partial charge in [0.15, 0.2) is 0 Å². The molecule has 142 valence electrons. The van der Waals surface area contributed by atoms with Crippen LogP contribution in [-0.4, -0.2) is 36.0 Å². The number of hydrogen-bond acceptors (Lipinski definition) is 5. The number of carbonyl (C=O) groups is 1. The third-order valence-corrected chi connectivity index (χ3v) is 4.41. The number of benzene rings is 2. The summed E-state index contributed by atoms with van der Waals surface area (Å²) >= 11 is 0. The van der Waals surface area contributed by atoms with Gasteiger partial charge in [0.25, 0.3) is 0 Å². The number of aromatic hydroxyl groups is 1. The van der Waals surface area contributed by atoms with Crippen LogP contribution in [0.1, 0.15) is 23.0 Å². The van der Waals surface area contributed by atoms with Crippen LogP contribution in [0.15, 0.2) is 42.5 Å². The van der Waals surface area contributed by atoms with Crippen molar-refractivity contribution < 1.29 is 24.1 Å². The number of esters is 1. The van der Waals surface area contributed by atoms with Crippen LogP contribution >= 0.6 is 0 Å². The van der Waals surface area contributed by atoms with Crippen molar-refractivity contribution in [3.8, 4) is 17.2 Å². The van der Waals surface area contributed by atoms with Gasteiger partial charge in [-0.2, -0.15) is 0 Å². The van der Waals surface area contributed by atoms with Crippen molar-refractivity contribution in [3.63, 3.8) is 0 Å². The average molecular weight is 369 g/mol. The minimum atomic E-state index is -0.391. The van der Waals surface area contributed by atoms with E-state index in [1.54, 1.807) is 32.2 Å². The summed E-state index contributed by atoms with van der Waals surface area (Å²) in [4.78, 5) is 12.4. The lowest BCUT2D eigenvalue weighted by molar-refractivity contribution is 0.0527. The Kier molecular flexibility index (Phi) is 5.54. The molecule has 6 heteroatoms. The smallest absolute Gasteiger partial charge is 0.340 e. The van der Waals surface area contributed by atoms with Crippen molar-refractivity contribution in [1.82, 2.24) is 4.57 Å². The molecule has 6 nitrogen and oxygen atoms in total. The summed E-state index contributed by atoms with van der Waals surface area (Å²) in [5, 5.41) is 10.5. The zero-order chi connectivity index (χ0) is 19.4. The number of methoxy groups -OCH3 is 1. The second-order valence-electron chi connectivity index (χ2n) is 6.06. The van der Waals surface area contributed by atoms with Gasteiger partial charge in [-0.1, -0.05) is 6.07 Å². The predicted octanol–water partition coefficient (Wildman–Crippen LogP) is 3.92. The van der Waals surface area contributed by atoms with Gasteiger partial charge in [-0.15, -0.1) is 0 Å². The fourth-order valence-electron chi connectivity index (χ4n) is 3.17. The lowest BCUT2D eigenvalue weighted by atomic mass is 10.1. The standard InChI is InChI=1S/C21H23NO5/c1-4-26-21(24)20-14(2)22(19-9-8-15(23)12-18(19)20)10-11-27-17-7-5-6-16(13-17)25-3/h5-9,12-13,23H,4,10-11H2,1-3H3. The van der Waals surface area contributed by atoms with Crippen molar-refractivity contribution in [1.29, 1.82) is 0 Å². The van der Waals surface area contributed by atoms with Gasteiger partial charge in [0.2, 0.25) is 0 Å². The van der Waals surface area contributed by atoms with E-state index in [0.717, 1.165) is 17.0 Å². The van der Waals surface area contributed by atoms with Crippen LogP contribution < -0.4 is 9.47 Å². The van der Waals surface area contributed by atoms with Crippen molar-refractivity contribution in [2.45, 2.75) is 20.4 Å². The highest BCUT2D eigenvalue weighted by Gasteiger charge is 2.21. The second-order valence-corrected chi connectivity index (χ2v) is 6.06. The number of aromatic nitrogens is 1. The van der Waals surface area contributed by atoms with Gasteiger partial charge in [-0.25, -0.2) is 4.79 Å². The number of nitrogens with zero attached hydrogens (tertiary/aromatic N) is 1. The molecule has 0 radical (unpaired) electrons. The molecule has 3 aromatic rings. The number of carbonyl (C=O) groups excluding carboxylic acids is 1. The summed E-state index contributed by atoms with van der Waals surface area (Å²) in [5.74, 6) is 1.16. The van der Waals surface area contributed by atoms with E-state index < -0.39 is 5.97 Å². The Morgan fingerprint density at radius 3 is 2.67 bits per heavy atom. The van der Waals surface area contributed by atoms with Gasteiger partial charge >= 0.3 is 5.97 Å². The summed E-state index contributed by atoms with van der Waals surface area (Å²) in [6, 6.07) is 12.4. The maximum atomic E-state index is 12.4. The molecule has 0 unspecified atom stereocenters. The molecule has 3 rings (SSSR count). The molecule has 0 saturated heterocycles. The van der Waals surface area contributed by atoms with E-state index >= 15 is 0 Å². The Labute approximate surface area is 157 Å². The van der Waals surface area contributed by atoms with Crippen molar-refractivity contribution in [2.24, 2.45) is 0 Å². The van der Waals surface area contributed by atoms with Crippen LogP contribution in [0.2, 0.25) is 0 Å². The zero-order valence-electron chi connectivity index (χ0n) is 15.7. The van der Waals surface area contributed by atoms with Crippen LogP contribution in [0.5, 0.6) is 17.2 Å². The molecule has 1 N–H and O–H groups in total. The molecule has 0 aliphatic carbocycles. The summed E-state index contributed by atoms with van der Waals surface area (Å²) in [6.45, 7) is 4.90. The minimum Gasteiger partial charge on any atom is -0.508 e. The molecule has 0 bridgehead atoms. The molecular weight excluding hydrogens is 346 g/mol. The SMILES string of the molecule is CCOC(=O)c1c(C)n(CCOc2cccc(OC)c2)c2ccc(O)cc12. The molecule has 2 aromatic carbocycles. The van der Waals surface area contributed by atoms with Gasteiger partial charge in [0, 0.05) is 22.7 Å². The van der Waals surface area contributed by atoms with Gasteiger partial charge in [-0.3, -0.25) is 0 Å². The molecule has 0 fully saturated rings. The monoisotopic (exact) mass is 369 g/mol. The van der Waals surface area contributed by atoms with Gasteiger partial charge < -0.3 is 23.9 Å². The van der Waals surface area contributed by atoms with Crippen LogP contribution in [0.3, 0.4) is 0 Å². The summed E-state index contributed by atoms with van der Waals surface area (Å²) in [5.41, 5.74) is 2.11. The Hall–Kier alpha value is -3.15. The summed E-state index contributed by atoms with van der Waals surface area (Å²) < 4.78 is 18.2. The first-order chi connectivity index (χ1) is 13.0. The van der Waals surface area contributed by atoms with E-state index in [0.29, 0.717) is 36.5 Å². The van der Waals surface area contributed by atoms with E-state index in [1.165, 1.54) is 0 Å². The van der Waals surface area contributed by atoms with E-state index in [4.69, 9.17) is 14.2 Å². The van der Waals surface area contributed by atoms with Crippen LogP contribution in [0.25, 0.3) is 10.9 Å². The number of phenolic OH excluding ortho intramolecular Hbond substituents is 1. The number of ether oxygens (including phenoxy) is 3. The van der Waals surface area contributed by atoms with E-state index in [-0.39, 0.29) is 5.75 Å². The lowest BCUT2D eigenvalue weighted by Crippen LogP contribution is -2.11. The molecule has 1 aromatic heterocycles. The molecule has 0 saturated carbocycles. The van der Waals surface area contributed by atoms with E-state index in [9.17, 15) is 9.90 Å². The Balaban J connectivity index is 1.87. The van der Waals surface area contributed by atoms with E-state index in [2.05, 4.69) is 0 Å². The second kappa shape index (κ2) is 8.03. The third kappa shape index (κ3) is 3.84. The maximum absolute atomic E-state index is 12.4. The number of rotatable bonds is 7. The predicted molar refractivity (Wildman–Crippen MR) is 103 cm³/mol. The molecule has 0 amide bonds. The first-order valence-corrected chi connectivity index (χ1v) is 8.81. The van der Waals surface area contributed by atoms with Crippen molar-refractivity contribution in [2.75, 3.05) is 20.3 Å². The number of hydrogen-bond donors (Lipinski definition) is 1. The van der Waals surface area contributed by atoms with E-state index in [1.807, 2.05) is 35.8 Å². The number of fused-ring (bicyclic) bond motifs is 1. The first-order valence-electron chi connectivity index (χ1n) is 8.81. The highest BCUT2D eigenvalue weighted by molar-refractivity contribution is 6.06. The Morgan fingerprint density at radius 1 is 1.15 bits per heavy atom. The fraction of sp³-hybridized carbons (Fsp3) is 0.286. The van der Waals surface area contributed by atoms with Crippen molar-refractivity contribution >= 4 is 16.9 Å². The van der Waals surface area contributed by atoms with Crippen LogP contribution in [0, 0.1) is 6.92 Å². The van der Waals surface area contributed by atoms with Gasteiger partial charge in [0.1, 0.15) is 23.9 Å². The average Bonchev–Trinajstić information content (AvgIpc) is 2.93. The molecular formula is C21H23NO5. The molecule has 0 aliphatic rings. The first kappa shape index (κ1) is 18.6. The topological polar surface area (TPSA) is 69.9 Å². The lowest BCUT2D eigenvalue weighted by Gasteiger charge is -2.11. The normalized spacial score (nSPS) is 10.8. The van der Waals surface area contributed by atoms with Gasteiger partial charge in [0.05, 0.1) is 25.8 Å². The highest BCUT2D eigenvalue weighted by Crippen LogP contribution is 2.30. The van der Waals surface area contributed by atoms with Crippen LogP contribution in [-0.2, 0) is 11.3 Å². The largest absolute Gasteiger partial charge is 0.508 e. The molecule has 1 heterocycles. The number of phenols is 1. The summed E-state index contributed by atoms with van der Waals surface area (Å²) in [7, 11) is 1.61. The fourth-order valence-corrected chi connectivity index (χ4v) is 3.17. The zero-order valence-corrected chi connectivity index (χ0v) is 15.7. The summed E-state index contributed by atoms with van der Waals surface area (Å²) in [6.07, 6.45) is 0. The highest BCUT2D eigenvalue weighted by atomic mass is 16.5. The minimum absolute atomic E-state index is 0.109. The molecule has 0 spiro atoms. The van der Waals surface area contributed by atoms with Gasteiger partial charge in [-0.05, 0) is 44.2 Å². The van der Waals surface area contributed by atoms with Crippen molar-refractivity contribution in [3.05, 3.63) is 53.7 Å². The molecule has 0 atom stereocenters. The maximum Gasteiger partial charge on any atom is 0.340 e. The Morgan fingerprint density at radius 2 is 1.93 bits per heavy atom. The third-order valence-electron chi connectivity index (χ3n) is 4.41.